The summed E-state index contributed by atoms with van der Waals surface area (Å²) >= 11 is 0. The van der Waals surface area contributed by atoms with E-state index in [1.165, 1.54) is 25.9 Å². The van der Waals surface area contributed by atoms with Gasteiger partial charge in [-0.25, -0.2) is 0 Å². The van der Waals surface area contributed by atoms with Crippen molar-refractivity contribution in [2.75, 3.05) is 26.7 Å². The molecular formula is C14H29N3O. The maximum absolute atomic E-state index is 11.8. The quantitative estimate of drug-likeness (QED) is 0.750. The maximum atomic E-state index is 11.8. The van der Waals surface area contributed by atoms with Gasteiger partial charge in [0.05, 0.1) is 6.04 Å². The second-order valence-corrected chi connectivity index (χ2v) is 5.61. The third kappa shape index (κ3) is 4.94. The normalized spacial score (nSPS) is 21.6. The zero-order valence-corrected chi connectivity index (χ0v) is 12.3. The van der Waals surface area contributed by atoms with Gasteiger partial charge >= 0.3 is 0 Å². The van der Waals surface area contributed by atoms with Crippen molar-refractivity contribution in [2.24, 2.45) is 5.92 Å². The molecule has 2 unspecified atom stereocenters. The van der Waals surface area contributed by atoms with E-state index in [4.69, 9.17) is 0 Å². The third-order valence-electron chi connectivity index (χ3n) is 3.93. The average molecular weight is 255 g/mol. The van der Waals surface area contributed by atoms with E-state index < -0.39 is 0 Å². The van der Waals surface area contributed by atoms with Crippen LogP contribution in [0.3, 0.4) is 0 Å². The highest BCUT2D eigenvalue weighted by molar-refractivity contribution is 5.81. The first-order valence-corrected chi connectivity index (χ1v) is 7.27. The molecule has 2 atom stereocenters. The summed E-state index contributed by atoms with van der Waals surface area (Å²) in [4.78, 5) is 14.2. The van der Waals surface area contributed by atoms with E-state index in [0.717, 1.165) is 13.0 Å². The van der Waals surface area contributed by atoms with E-state index in [9.17, 15) is 4.79 Å². The lowest BCUT2D eigenvalue weighted by atomic mass is 9.90. The molecule has 18 heavy (non-hydrogen) atoms. The number of rotatable bonds is 6. The fourth-order valence-corrected chi connectivity index (χ4v) is 2.54. The van der Waals surface area contributed by atoms with Crippen molar-refractivity contribution in [3.8, 4) is 0 Å². The second-order valence-electron chi connectivity index (χ2n) is 5.61. The molecule has 0 radical (unpaired) electrons. The number of amides is 1. The first-order chi connectivity index (χ1) is 8.54. The number of hydrogen-bond acceptors (Lipinski definition) is 3. The van der Waals surface area contributed by atoms with Gasteiger partial charge in [-0.15, -0.1) is 0 Å². The Kier molecular flexibility index (Phi) is 6.65. The van der Waals surface area contributed by atoms with Crippen LogP contribution in [-0.2, 0) is 4.79 Å². The Morgan fingerprint density at radius 1 is 1.33 bits per heavy atom. The molecule has 1 rings (SSSR count). The van der Waals surface area contributed by atoms with Gasteiger partial charge in [-0.05, 0) is 59.2 Å². The Balaban J connectivity index is 2.30. The molecule has 1 aliphatic rings. The summed E-state index contributed by atoms with van der Waals surface area (Å²) in [6, 6.07) is 0.326. The van der Waals surface area contributed by atoms with Crippen LogP contribution in [0.25, 0.3) is 0 Å². The highest BCUT2D eigenvalue weighted by Gasteiger charge is 2.24. The number of likely N-dealkylation sites (tertiary alicyclic amines) is 1. The minimum atomic E-state index is -0.0915. The van der Waals surface area contributed by atoms with Gasteiger partial charge in [0.2, 0.25) is 5.91 Å². The third-order valence-corrected chi connectivity index (χ3v) is 3.93. The van der Waals surface area contributed by atoms with Crippen LogP contribution < -0.4 is 10.6 Å². The summed E-state index contributed by atoms with van der Waals surface area (Å²) in [7, 11) is 2.18. The summed E-state index contributed by atoms with van der Waals surface area (Å²) in [5, 5.41) is 6.38. The SMILES string of the molecule is CCCNC(=O)C(C)NC(C)C1CCN(C)CC1. The molecule has 0 bridgehead atoms. The van der Waals surface area contributed by atoms with Crippen molar-refractivity contribution >= 4 is 5.91 Å². The van der Waals surface area contributed by atoms with Crippen LogP contribution in [-0.4, -0.2) is 49.6 Å². The molecule has 0 spiro atoms. The van der Waals surface area contributed by atoms with Crippen LogP contribution in [0.4, 0.5) is 0 Å². The van der Waals surface area contributed by atoms with Crippen molar-refractivity contribution in [3.05, 3.63) is 0 Å². The van der Waals surface area contributed by atoms with Crippen LogP contribution in [0.15, 0.2) is 0 Å². The summed E-state index contributed by atoms with van der Waals surface area (Å²) < 4.78 is 0. The van der Waals surface area contributed by atoms with Crippen molar-refractivity contribution in [3.63, 3.8) is 0 Å². The summed E-state index contributed by atoms with van der Waals surface area (Å²) in [6.45, 7) is 9.35. The Hall–Kier alpha value is -0.610. The first kappa shape index (κ1) is 15.4. The lowest BCUT2D eigenvalue weighted by Gasteiger charge is -2.34. The summed E-state index contributed by atoms with van der Waals surface area (Å²) in [6.07, 6.45) is 3.45. The zero-order chi connectivity index (χ0) is 13.5. The largest absolute Gasteiger partial charge is 0.355 e. The molecule has 0 saturated carbocycles. The van der Waals surface area contributed by atoms with E-state index >= 15 is 0 Å². The average Bonchev–Trinajstić information content (AvgIpc) is 2.36. The van der Waals surface area contributed by atoms with E-state index in [0.29, 0.717) is 12.0 Å². The molecule has 4 heteroatoms. The van der Waals surface area contributed by atoms with Gasteiger partial charge in [-0.1, -0.05) is 6.92 Å². The van der Waals surface area contributed by atoms with Gasteiger partial charge in [0.1, 0.15) is 0 Å². The highest BCUT2D eigenvalue weighted by Crippen LogP contribution is 2.19. The van der Waals surface area contributed by atoms with E-state index in [1.54, 1.807) is 0 Å². The number of nitrogens with zero attached hydrogens (tertiary/aromatic N) is 1. The van der Waals surface area contributed by atoms with Crippen molar-refractivity contribution in [1.82, 2.24) is 15.5 Å². The zero-order valence-electron chi connectivity index (χ0n) is 12.3. The monoisotopic (exact) mass is 255 g/mol. The smallest absolute Gasteiger partial charge is 0.236 e. The predicted molar refractivity (Wildman–Crippen MR) is 75.6 cm³/mol. The van der Waals surface area contributed by atoms with Crippen molar-refractivity contribution in [2.45, 2.75) is 52.1 Å². The van der Waals surface area contributed by atoms with E-state index in [1.807, 2.05) is 6.92 Å². The minimum Gasteiger partial charge on any atom is -0.355 e. The van der Waals surface area contributed by atoms with Gasteiger partial charge in [0.25, 0.3) is 0 Å². The van der Waals surface area contributed by atoms with Gasteiger partial charge in [0, 0.05) is 12.6 Å². The Bertz CT molecular complexity index is 249. The lowest BCUT2D eigenvalue weighted by Crippen LogP contribution is -2.49. The summed E-state index contributed by atoms with van der Waals surface area (Å²) in [5.74, 6) is 0.819. The van der Waals surface area contributed by atoms with Gasteiger partial charge < -0.3 is 15.5 Å². The maximum Gasteiger partial charge on any atom is 0.236 e. The van der Waals surface area contributed by atoms with Crippen LogP contribution in [0.5, 0.6) is 0 Å². The lowest BCUT2D eigenvalue weighted by molar-refractivity contribution is -0.123. The molecule has 1 heterocycles. The number of carbonyl (C=O) groups excluding carboxylic acids is 1. The molecule has 1 amide bonds. The van der Waals surface area contributed by atoms with Crippen LogP contribution in [0, 0.1) is 5.92 Å². The minimum absolute atomic E-state index is 0.0915. The highest BCUT2D eigenvalue weighted by atomic mass is 16.2. The molecule has 1 saturated heterocycles. The number of carbonyl (C=O) groups is 1. The molecule has 0 aromatic carbocycles. The van der Waals surface area contributed by atoms with E-state index in [2.05, 4.69) is 36.4 Å². The van der Waals surface area contributed by atoms with Crippen molar-refractivity contribution in [1.29, 1.82) is 0 Å². The fourth-order valence-electron chi connectivity index (χ4n) is 2.54. The topological polar surface area (TPSA) is 44.4 Å². The molecule has 1 aliphatic heterocycles. The predicted octanol–water partition coefficient (Wildman–Crippen LogP) is 1.22. The molecule has 4 nitrogen and oxygen atoms in total. The molecule has 106 valence electrons. The van der Waals surface area contributed by atoms with Gasteiger partial charge in [-0.3, -0.25) is 4.79 Å². The number of hydrogen-bond donors (Lipinski definition) is 2. The molecule has 0 aromatic heterocycles. The number of piperidine rings is 1. The molecule has 2 N–H and O–H groups in total. The van der Waals surface area contributed by atoms with Crippen molar-refractivity contribution < 1.29 is 4.79 Å². The Morgan fingerprint density at radius 3 is 2.50 bits per heavy atom. The van der Waals surface area contributed by atoms with Crippen LogP contribution in [0.1, 0.15) is 40.0 Å². The van der Waals surface area contributed by atoms with Crippen LogP contribution >= 0.6 is 0 Å². The fraction of sp³-hybridized carbons (Fsp3) is 0.929. The Morgan fingerprint density at radius 2 is 1.94 bits per heavy atom. The summed E-state index contributed by atoms with van der Waals surface area (Å²) in [5.41, 5.74) is 0. The van der Waals surface area contributed by atoms with E-state index in [-0.39, 0.29) is 11.9 Å². The molecule has 0 aromatic rings. The molecule has 0 aliphatic carbocycles. The van der Waals surface area contributed by atoms with Crippen LogP contribution in [0.2, 0.25) is 0 Å². The first-order valence-electron chi connectivity index (χ1n) is 7.27. The standard InChI is InChI=1S/C14H29N3O/c1-5-8-15-14(18)12(3)16-11(2)13-6-9-17(4)10-7-13/h11-13,16H,5-10H2,1-4H3,(H,15,18). The second kappa shape index (κ2) is 7.74. The molecule has 1 fully saturated rings. The Labute approximate surface area is 111 Å². The van der Waals surface area contributed by atoms with Gasteiger partial charge in [0.15, 0.2) is 0 Å². The number of nitrogens with one attached hydrogen (secondary N) is 2. The van der Waals surface area contributed by atoms with Gasteiger partial charge in [-0.2, -0.15) is 0 Å². The molecular weight excluding hydrogens is 226 g/mol.